The lowest BCUT2D eigenvalue weighted by molar-refractivity contribution is -0.140. The zero-order valence-electron chi connectivity index (χ0n) is 15.3. The molecule has 134 valence electrons. The second-order valence-corrected chi connectivity index (χ2v) is 6.87. The lowest BCUT2D eigenvalue weighted by Crippen LogP contribution is -2.37. The molecule has 1 saturated carbocycles. The molecular formula is C19H29NO4. The third kappa shape index (κ3) is 4.00. The summed E-state index contributed by atoms with van der Waals surface area (Å²) in [5.74, 6) is -0.524. The number of allylic oxidation sites excluding steroid dienone is 1. The predicted octanol–water partition coefficient (Wildman–Crippen LogP) is 3.55. The maximum Gasteiger partial charge on any atom is 0.355 e. The van der Waals surface area contributed by atoms with Crippen molar-refractivity contribution in [2.75, 3.05) is 14.2 Å². The average molecular weight is 335 g/mol. The van der Waals surface area contributed by atoms with Gasteiger partial charge < -0.3 is 14.4 Å². The summed E-state index contributed by atoms with van der Waals surface area (Å²) in [5, 5.41) is 0. The number of carbonyl (C=O) groups is 2. The highest BCUT2D eigenvalue weighted by Crippen LogP contribution is 2.34. The van der Waals surface area contributed by atoms with Gasteiger partial charge in [0.2, 0.25) is 0 Å². The van der Waals surface area contributed by atoms with E-state index in [9.17, 15) is 9.59 Å². The molecule has 2 rings (SSSR count). The summed E-state index contributed by atoms with van der Waals surface area (Å²) in [5.41, 5.74) is 2.05. The number of hydrogen-bond acceptors (Lipinski definition) is 5. The number of nitrogens with zero attached hydrogens (tertiary/aromatic N) is 1. The first kappa shape index (κ1) is 18.6. The van der Waals surface area contributed by atoms with Crippen molar-refractivity contribution in [3.8, 4) is 0 Å². The number of methoxy groups -OCH3 is 2. The zero-order valence-corrected chi connectivity index (χ0v) is 15.3. The highest BCUT2D eigenvalue weighted by Gasteiger charge is 2.33. The topological polar surface area (TPSA) is 55.8 Å². The lowest BCUT2D eigenvalue weighted by atomic mass is 9.93. The van der Waals surface area contributed by atoms with Crippen LogP contribution >= 0.6 is 0 Å². The Balaban J connectivity index is 2.52. The van der Waals surface area contributed by atoms with Gasteiger partial charge in [-0.3, -0.25) is 0 Å². The van der Waals surface area contributed by atoms with Crippen molar-refractivity contribution >= 4 is 11.9 Å². The smallest absolute Gasteiger partial charge is 0.355 e. The fourth-order valence-corrected chi connectivity index (χ4v) is 3.58. The molecule has 0 amide bonds. The number of hydrogen-bond donors (Lipinski definition) is 0. The maximum absolute atomic E-state index is 12.5. The van der Waals surface area contributed by atoms with Crippen LogP contribution in [0.3, 0.4) is 0 Å². The molecule has 0 bridgehead atoms. The van der Waals surface area contributed by atoms with Crippen LogP contribution in [0.1, 0.15) is 58.8 Å². The number of esters is 2. The molecule has 0 saturated heterocycles. The highest BCUT2D eigenvalue weighted by molar-refractivity contribution is 6.00. The Labute approximate surface area is 144 Å². The van der Waals surface area contributed by atoms with Crippen molar-refractivity contribution in [1.82, 2.24) is 4.90 Å². The lowest BCUT2D eigenvalue weighted by Gasteiger charge is -2.35. The molecule has 5 heteroatoms. The molecular weight excluding hydrogens is 306 g/mol. The molecule has 1 aliphatic carbocycles. The SMILES string of the molecule is COC(=O)C1=C(C(=O)OC)N(C2CCCCC2)C=C(C(C)C)CC1. The first-order valence-corrected chi connectivity index (χ1v) is 8.88. The molecule has 2 aliphatic rings. The van der Waals surface area contributed by atoms with Crippen LogP contribution in [-0.4, -0.2) is 37.1 Å². The quantitative estimate of drug-likeness (QED) is 0.735. The Morgan fingerprint density at radius 2 is 1.67 bits per heavy atom. The first-order chi connectivity index (χ1) is 11.5. The largest absolute Gasteiger partial charge is 0.466 e. The molecule has 5 nitrogen and oxygen atoms in total. The van der Waals surface area contributed by atoms with Gasteiger partial charge in [0.1, 0.15) is 5.70 Å². The summed E-state index contributed by atoms with van der Waals surface area (Å²) >= 11 is 0. The first-order valence-electron chi connectivity index (χ1n) is 8.88. The molecule has 0 spiro atoms. The monoisotopic (exact) mass is 335 g/mol. The van der Waals surface area contributed by atoms with Crippen LogP contribution in [-0.2, 0) is 19.1 Å². The molecule has 0 unspecified atom stereocenters. The van der Waals surface area contributed by atoms with E-state index in [0.29, 0.717) is 23.6 Å². The molecule has 1 fully saturated rings. The van der Waals surface area contributed by atoms with Gasteiger partial charge in [-0.2, -0.15) is 0 Å². The van der Waals surface area contributed by atoms with E-state index in [1.807, 2.05) is 4.90 Å². The van der Waals surface area contributed by atoms with Crippen LogP contribution in [0.2, 0.25) is 0 Å². The number of ether oxygens (including phenoxy) is 2. The standard InChI is InChI=1S/C19H29NO4/c1-13(2)14-10-11-16(18(21)23-3)17(19(22)24-4)20(12-14)15-8-6-5-7-9-15/h12-13,15H,5-11H2,1-4H3. The van der Waals surface area contributed by atoms with Crippen LogP contribution in [0.4, 0.5) is 0 Å². The fraction of sp³-hybridized carbons (Fsp3) is 0.684. The number of rotatable bonds is 4. The summed E-state index contributed by atoms with van der Waals surface area (Å²) in [7, 11) is 2.72. The Bertz CT molecular complexity index is 542. The summed E-state index contributed by atoms with van der Waals surface area (Å²) in [6.07, 6.45) is 8.92. The second kappa shape index (κ2) is 8.36. The Morgan fingerprint density at radius 3 is 2.21 bits per heavy atom. The molecule has 24 heavy (non-hydrogen) atoms. The van der Waals surface area contributed by atoms with Crippen LogP contribution in [0, 0.1) is 5.92 Å². The summed E-state index contributed by atoms with van der Waals surface area (Å²) in [4.78, 5) is 26.9. The highest BCUT2D eigenvalue weighted by atomic mass is 16.5. The van der Waals surface area contributed by atoms with E-state index in [1.54, 1.807) is 0 Å². The summed E-state index contributed by atoms with van der Waals surface area (Å²) < 4.78 is 9.96. The minimum Gasteiger partial charge on any atom is -0.466 e. The molecule has 0 N–H and O–H groups in total. The molecule has 0 aromatic carbocycles. The molecule has 0 radical (unpaired) electrons. The molecule has 1 aliphatic heterocycles. The maximum atomic E-state index is 12.5. The van der Waals surface area contributed by atoms with Gasteiger partial charge in [-0.1, -0.05) is 38.7 Å². The van der Waals surface area contributed by atoms with E-state index >= 15 is 0 Å². The van der Waals surface area contributed by atoms with Crippen LogP contribution < -0.4 is 0 Å². The molecule has 0 aromatic rings. The second-order valence-electron chi connectivity index (χ2n) is 6.87. The van der Waals surface area contributed by atoms with Crippen molar-refractivity contribution in [3.63, 3.8) is 0 Å². The third-order valence-corrected chi connectivity index (χ3v) is 5.03. The molecule has 1 heterocycles. The Hall–Kier alpha value is -1.78. The normalized spacial score (nSPS) is 19.9. The van der Waals surface area contributed by atoms with Crippen molar-refractivity contribution < 1.29 is 19.1 Å². The van der Waals surface area contributed by atoms with Gasteiger partial charge in [0.15, 0.2) is 0 Å². The fourth-order valence-electron chi connectivity index (χ4n) is 3.58. The van der Waals surface area contributed by atoms with E-state index in [4.69, 9.17) is 9.47 Å². The van der Waals surface area contributed by atoms with Crippen molar-refractivity contribution in [2.45, 2.75) is 64.8 Å². The molecule has 0 aromatic heterocycles. The van der Waals surface area contributed by atoms with Crippen molar-refractivity contribution in [2.24, 2.45) is 5.92 Å². The van der Waals surface area contributed by atoms with E-state index in [-0.39, 0.29) is 6.04 Å². The Morgan fingerprint density at radius 1 is 1.04 bits per heavy atom. The Kier molecular flexibility index (Phi) is 6.46. The van der Waals surface area contributed by atoms with Gasteiger partial charge in [0.25, 0.3) is 0 Å². The van der Waals surface area contributed by atoms with Crippen molar-refractivity contribution in [1.29, 1.82) is 0 Å². The van der Waals surface area contributed by atoms with E-state index in [1.165, 1.54) is 26.2 Å². The van der Waals surface area contributed by atoms with Crippen LogP contribution in [0.25, 0.3) is 0 Å². The molecule has 0 atom stereocenters. The van der Waals surface area contributed by atoms with Crippen LogP contribution in [0.5, 0.6) is 0 Å². The van der Waals surface area contributed by atoms with E-state index < -0.39 is 11.9 Å². The predicted molar refractivity (Wildman–Crippen MR) is 91.9 cm³/mol. The van der Waals surface area contributed by atoms with Crippen molar-refractivity contribution in [3.05, 3.63) is 23.0 Å². The minimum atomic E-state index is -0.456. The van der Waals surface area contributed by atoms with E-state index in [2.05, 4.69) is 20.0 Å². The zero-order chi connectivity index (χ0) is 17.7. The third-order valence-electron chi connectivity index (χ3n) is 5.03. The van der Waals surface area contributed by atoms with Gasteiger partial charge in [-0.05, 0) is 31.6 Å². The van der Waals surface area contributed by atoms with Gasteiger partial charge in [-0.15, -0.1) is 0 Å². The van der Waals surface area contributed by atoms with Crippen LogP contribution in [0.15, 0.2) is 23.0 Å². The van der Waals surface area contributed by atoms with E-state index in [0.717, 1.165) is 32.1 Å². The van der Waals surface area contributed by atoms with Gasteiger partial charge >= 0.3 is 11.9 Å². The number of carbonyl (C=O) groups excluding carboxylic acids is 2. The van der Waals surface area contributed by atoms with Gasteiger partial charge in [-0.25, -0.2) is 9.59 Å². The average Bonchev–Trinajstić information content (AvgIpc) is 2.81. The van der Waals surface area contributed by atoms with Gasteiger partial charge in [0, 0.05) is 12.2 Å². The minimum absolute atomic E-state index is 0.236. The summed E-state index contributed by atoms with van der Waals surface area (Å²) in [6.45, 7) is 4.29. The summed E-state index contributed by atoms with van der Waals surface area (Å²) in [6, 6.07) is 0.236. The van der Waals surface area contributed by atoms with Gasteiger partial charge in [0.05, 0.1) is 19.8 Å².